The van der Waals surface area contributed by atoms with Gasteiger partial charge in [0.1, 0.15) is 11.5 Å². The summed E-state index contributed by atoms with van der Waals surface area (Å²) in [5.74, 6) is 1.76. The Morgan fingerprint density at radius 1 is 0.938 bits per heavy atom. The number of hydrogen-bond donors (Lipinski definition) is 1. The van der Waals surface area contributed by atoms with Gasteiger partial charge in [-0.1, -0.05) is 18.2 Å². The number of anilines is 1. The van der Waals surface area contributed by atoms with Crippen molar-refractivity contribution in [2.24, 2.45) is 0 Å². The van der Waals surface area contributed by atoms with Crippen molar-refractivity contribution >= 4 is 5.69 Å². The Kier molecular flexibility index (Phi) is 3.10. The lowest BCUT2D eigenvalue weighted by Crippen LogP contribution is -1.89. The van der Waals surface area contributed by atoms with E-state index in [-0.39, 0.29) is 0 Å². The SMILES string of the molecule is CNc1ccc(Oc2ccccc2C)cc1. The molecule has 0 saturated heterocycles. The number of aryl methyl sites for hydroxylation is 1. The van der Waals surface area contributed by atoms with E-state index < -0.39 is 0 Å². The van der Waals surface area contributed by atoms with E-state index in [1.54, 1.807) is 0 Å². The van der Waals surface area contributed by atoms with Gasteiger partial charge < -0.3 is 10.1 Å². The lowest BCUT2D eigenvalue weighted by molar-refractivity contribution is 0.479. The number of rotatable bonds is 3. The number of hydrogen-bond acceptors (Lipinski definition) is 2. The van der Waals surface area contributed by atoms with Crippen molar-refractivity contribution < 1.29 is 4.74 Å². The summed E-state index contributed by atoms with van der Waals surface area (Å²) in [4.78, 5) is 0. The molecule has 0 bridgehead atoms. The van der Waals surface area contributed by atoms with E-state index in [0.29, 0.717) is 0 Å². The van der Waals surface area contributed by atoms with E-state index in [4.69, 9.17) is 4.74 Å². The van der Waals surface area contributed by atoms with Crippen molar-refractivity contribution in [1.82, 2.24) is 0 Å². The van der Waals surface area contributed by atoms with Crippen molar-refractivity contribution in [2.75, 3.05) is 12.4 Å². The average molecular weight is 213 g/mol. The first-order chi connectivity index (χ1) is 7.79. The van der Waals surface area contributed by atoms with Crippen LogP contribution < -0.4 is 10.1 Å². The number of benzene rings is 2. The molecule has 0 aliphatic carbocycles. The van der Waals surface area contributed by atoms with Gasteiger partial charge in [-0.15, -0.1) is 0 Å². The minimum Gasteiger partial charge on any atom is -0.457 e. The second-order valence-corrected chi connectivity index (χ2v) is 3.64. The maximum Gasteiger partial charge on any atom is 0.130 e. The first-order valence-corrected chi connectivity index (χ1v) is 5.31. The van der Waals surface area contributed by atoms with Crippen molar-refractivity contribution in [3.63, 3.8) is 0 Å². The van der Waals surface area contributed by atoms with Gasteiger partial charge in [0.2, 0.25) is 0 Å². The molecule has 0 aliphatic rings. The first-order valence-electron chi connectivity index (χ1n) is 5.31. The van der Waals surface area contributed by atoms with Crippen molar-refractivity contribution in [3.05, 3.63) is 54.1 Å². The Bertz CT molecular complexity index is 462. The zero-order valence-electron chi connectivity index (χ0n) is 9.53. The lowest BCUT2D eigenvalue weighted by Gasteiger charge is -2.08. The van der Waals surface area contributed by atoms with Crippen LogP contribution in [0, 0.1) is 6.92 Å². The summed E-state index contributed by atoms with van der Waals surface area (Å²) in [6, 6.07) is 15.9. The average Bonchev–Trinajstić information content (AvgIpc) is 2.33. The number of ether oxygens (including phenoxy) is 1. The molecule has 0 spiro atoms. The molecule has 2 nitrogen and oxygen atoms in total. The monoisotopic (exact) mass is 213 g/mol. The molecule has 16 heavy (non-hydrogen) atoms. The van der Waals surface area contributed by atoms with Crippen LogP contribution in [0.5, 0.6) is 11.5 Å². The molecule has 2 rings (SSSR count). The Morgan fingerprint density at radius 3 is 2.25 bits per heavy atom. The molecule has 0 aromatic heterocycles. The van der Waals surface area contributed by atoms with Gasteiger partial charge in [-0.05, 0) is 42.8 Å². The predicted octanol–water partition coefficient (Wildman–Crippen LogP) is 3.83. The van der Waals surface area contributed by atoms with E-state index in [1.165, 1.54) is 0 Å². The first kappa shape index (κ1) is 10.6. The molecule has 0 unspecified atom stereocenters. The molecule has 0 fully saturated rings. The van der Waals surface area contributed by atoms with Gasteiger partial charge in [-0.2, -0.15) is 0 Å². The van der Waals surface area contributed by atoms with Crippen LogP contribution >= 0.6 is 0 Å². The highest BCUT2D eigenvalue weighted by atomic mass is 16.5. The highest BCUT2D eigenvalue weighted by Crippen LogP contribution is 2.25. The van der Waals surface area contributed by atoms with Gasteiger partial charge in [-0.25, -0.2) is 0 Å². The summed E-state index contributed by atoms with van der Waals surface area (Å²) in [7, 11) is 1.90. The van der Waals surface area contributed by atoms with E-state index in [2.05, 4.69) is 5.32 Å². The van der Waals surface area contributed by atoms with Crippen LogP contribution in [0.4, 0.5) is 5.69 Å². The smallest absolute Gasteiger partial charge is 0.130 e. The Labute approximate surface area is 95.9 Å². The molecule has 0 saturated carbocycles. The Morgan fingerprint density at radius 2 is 1.62 bits per heavy atom. The van der Waals surface area contributed by atoms with E-state index >= 15 is 0 Å². The molecule has 0 heterocycles. The topological polar surface area (TPSA) is 21.3 Å². The quantitative estimate of drug-likeness (QED) is 0.836. The summed E-state index contributed by atoms with van der Waals surface area (Å²) in [5, 5.41) is 3.07. The normalized spacial score (nSPS) is 9.88. The molecular formula is C14H15NO. The standard InChI is InChI=1S/C14H15NO/c1-11-5-3-4-6-14(11)16-13-9-7-12(15-2)8-10-13/h3-10,15H,1-2H3. The molecule has 2 aromatic carbocycles. The minimum atomic E-state index is 0.855. The molecule has 2 aromatic rings. The van der Waals surface area contributed by atoms with Crippen LogP contribution in [-0.4, -0.2) is 7.05 Å². The van der Waals surface area contributed by atoms with E-state index in [9.17, 15) is 0 Å². The molecule has 0 atom stereocenters. The zero-order chi connectivity index (χ0) is 11.4. The van der Waals surface area contributed by atoms with Crippen molar-refractivity contribution in [1.29, 1.82) is 0 Å². The van der Waals surface area contributed by atoms with Crippen LogP contribution in [0.3, 0.4) is 0 Å². The number of para-hydroxylation sites is 1. The zero-order valence-corrected chi connectivity index (χ0v) is 9.53. The lowest BCUT2D eigenvalue weighted by atomic mass is 10.2. The van der Waals surface area contributed by atoms with Gasteiger partial charge in [0, 0.05) is 12.7 Å². The molecule has 0 aliphatic heterocycles. The van der Waals surface area contributed by atoms with Gasteiger partial charge >= 0.3 is 0 Å². The highest BCUT2D eigenvalue weighted by molar-refractivity contribution is 5.47. The van der Waals surface area contributed by atoms with Crippen LogP contribution in [0.15, 0.2) is 48.5 Å². The predicted molar refractivity (Wildman–Crippen MR) is 67.2 cm³/mol. The van der Waals surface area contributed by atoms with Crippen LogP contribution in [-0.2, 0) is 0 Å². The maximum absolute atomic E-state index is 5.78. The second-order valence-electron chi connectivity index (χ2n) is 3.64. The fourth-order valence-corrected chi connectivity index (χ4v) is 1.49. The molecule has 0 amide bonds. The largest absolute Gasteiger partial charge is 0.457 e. The van der Waals surface area contributed by atoms with Crippen LogP contribution in [0.25, 0.3) is 0 Å². The van der Waals surface area contributed by atoms with Gasteiger partial charge in [0.15, 0.2) is 0 Å². The van der Waals surface area contributed by atoms with Crippen LogP contribution in [0.1, 0.15) is 5.56 Å². The van der Waals surface area contributed by atoms with Crippen molar-refractivity contribution in [2.45, 2.75) is 6.92 Å². The third kappa shape index (κ3) is 2.34. The molecule has 0 radical (unpaired) electrons. The summed E-state index contributed by atoms with van der Waals surface area (Å²) >= 11 is 0. The highest BCUT2D eigenvalue weighted by Gasteiger charge is 1.99. The Balaban J connectivity index is 2.18. The molecule has 1 N–H and O–H groups in total. The fraction of sp³-hybridized carbons (Fsp3) is 0.143. The van der Waals surface area contributed by atoms with E-state index in [1.807, 2.05) is 62.5 Å². The van der Waals surface area contributed by atoms with Gasteiger partial charge in [0.25, 0.3) is 0 Å². The molecule has 82 valence electrons. The third-order valence-electron chi connectivity index (χ3n) is 2.46. The molecule has 2 heteroatoms. The summed E-state index contributed by atoms with van der Waals surface area (Å²) < 4.78 is 5.78. The minimum absolute atomic E-state index is 0.855. The Hall–Kier alpha value is -1.96. The fourth-order valence-electron chi connectivity index (χ4n) is 1.49. The van der Waals surface area contributed by atoms with Gasteiger partial charge in [0.05, 0.1) is 0 Å². The third-order valence-corrected chi connectivity index (χ3v) is 2.46. The van der Waals surface area contributed by atoms with Crippen molar-refractivity contribution in [3.8, 4) is 11.5 Å². The number of nitrogens with one attached hydrogen (secondary N) is 1. The van der Waals surface area contributed by atoms with Gasteiger partial charge in [-0.3, -0.25) is 0 Å². The molecular weight excluding hydrogens is 198 g/mol. The summed E-state index contributed by atoms with van der Waals surface area (Å²) in [6.07, 6.45) is 0. The van der Waals surface area contributed by atoms with Crippen LogP contribution in [0.2, 0.25) is 0 Å². The maximum atomic E-state index is 5.78. The summed E-state index contributed by atoms with van der Waals surface area (Å²) in [5.41, 5.74) is 2.22. The second kappa shape index (κ2) is 4.71. The summed E-state index contributed by atoms with van der Waals surface area (Å²) in [6.45, 7) is 2.04. The van der Waals surface area contributed by atoms with E-state index in [0.717, 1.165) is 22.7 Å².